The summed E-state index contributed by atoms with van der Waals surface area (Å²) in [5.41, 5.74) is 3.19. The van der Waals surface area contributed by atoms with E-state index in [2.05, 4.69) is 17.6 Å². The van der Waals surface area contributed by atoms with Crippen LogP contribution in [0, 0.1) is 5.92 Å². The molecule has 158 valence electrons. The average Bonchev–Trinajstić information content (AvgIpc) is 3.45. The second kappa shape index (κ2) is 8.87. The minimum absolute atomic E-state index is 0.0552. The molecule has 1 aliphatic heterocycles. The van der Waals surface area contributed by atoms with E-state index in [0.29, 0.717) is 17.9 Å². The molecule has 1 fully saturated rings. The number of amides is 3. The molecule has 1 aliphatic rings. The van der Waals surface area contributed by atoms with Crippen molar-refractivity contribution in [2.75, 3.05) is 22.1 Å². The summed E-state index contributed by atoms with van der Waals surface area (Å²) in [5, 5.41) is 5.57. The molecule has 1 atom stereocenters. The van der Waals surface area contributed by atoms with Gasteiger partial charge >= 0.3 is 0 Å². The zero-order chi connectivity index (χ0) is 21.8. The highest BCUT2D eigenvalue weighted by Gasteiger charge is 2.35. The average molecular weight is 417 g/mol. The molecule has 0 saturated carbocycles. The first-order chi connectivity index (χ1) is 15.0. The van der Waals surface area contributed by atoms with Crippen LogP contribution in [0.3, 0.4) is 0 Å². The molecule has 1 saturated heterocycles. The van der Waals surface area contributed by atoms with Gasteiger partial charge in [-0.1, -0.05) is 19.1 Å². The third-order valence-electron chi connectivity index (χ3n) is 5.31. The van der Waals surface area contributed by atoms with Crippen molar-refractivity contribution < 1.29 is 18.8 Å². The van der Waals surface area contributed by atoms with E-state index < -0.39 is 5.92 Å². The van der Waals surface area contributed by atoms with Crippen LogP contribution in [0.1, 0.15) is 29.5 Å². The van der Waals surface area contributed by atoms with Crippen LogP contribution in [0.2, 0.25) is 0 Å². The van der Waals surface area contributed by atoms with Crippen molar-refractivity contribution in [1.29, 1.82) is 0 Å². The number of nitrogens with zero attached hydrogens (tertiary/aromatic N) is 1. The molecule has 2 N–H and O–H groups in total. The summed E-state index contributed by atoms with van der Waals surface area (Å²) in [4.78, 5) is 38.8. The van der Waals surface area contributed by atoms with Gasteiger partial charge in [-0.15, -0.1) is 0 Å². The van der Waals surface area contributed by atoms with E-state index in [1.807, 2.05) is 24.3 Å². The lowest BCUT2D eigenvalue weighted by atomic mass is 10.1. The zero-order valence-electron chi connectivity index (χ0n) is 17.1. The van der Waals surface area contributed by atoms with Gasteiger partial charge < -0.3 is 20.0 Å². The number of furan rings is 1. The first kappa shape index (κ1) is 20.4. The zero-order valence-corrected chi connectivity index (χ0v) is 17.1. The van der Waals surface area contributed by atoms with Crippen molar-refractivity contribution in [2.45, 2.75) is 19.8 Å². The summed E-state index contributed by atoms with van der Waals surface area (Å²) in [6.45, 7) is 2.43. The quantitative estimate of drug-likeness (QED) is 0.632. The second-order valence-electron chi connectivity index (χ2n) is 7.42. The lowest BCUT2D eigenvalue weighted by molar-refractivity contribution is -0.122. The van der Waals surface area contributed by atoms with E-state index in [4.69, 9.17) is 4.42 Å². The van der Waals surface area contributed by atoms with Gasteiger partial charge in [0.15, 0.2) is 5.76 Å². The fraction of sp³-hybridized carbons (Fsp3) is 0.208. The molecule has 0 aliphatic carbocycles. The first-order valence-corrected chi connectivity index (χ1v) is 10.2. The normalized spacial score (nSPS) is 15.7. The summed E-state index contributed by atoms with van der Waals surface area (Å²) in [7, 11) is 0. The molecule has 3 amide bonds. The van der Waals surface area contributed by atoms with Crippen LogP contribution in [0.15, 0.2) is 71.3 Å². The number of anilines is 3. The van der Waals surface area contributed by atoms with Gasteiger partial charge in [-0.2, -0.15) is 0 Å². The van der Waals surface area contributed by atoms with Gasteiger partial charge in [0.2, 0.25) is 11.8 Å². The minimum Gasteiger partial charge on any atom is -0.459 e. The lowest BCUT2D eigenvalue weighted by Crippen LogP contribution is -2.28. The van der Waals surface area contributed by atoms with Crippen LogP contribution in [0.5, 0.6) is 0 Å². The van der Waals surface area contributed by atoms with Crippen LogP contribution in [0.25, 0.3) is 0 Å². The van der Waals surface area contributed by atoms with E-state index in [0.717, 1.165) is 12.1 Å². The molecule has 7 nitrogen and oxygen atoms in total. The molecule has 4 rings (SSSR count). The topological polar surface area (TPSA) is 91.7 Å². The summed E-state index contributed by atoms with van der Waals surface area (Å²) < 4.78 is 5.06. The van der Waals surface area contributed by atoms with Crippen LogP contribution >= 0.6 is 0 Å². The molecule has 3 aromatic rings. The maximum atomic E-state index is 12.7. The lowest BCUT2D eigenvalue weighted by Gasteiger charge is -2.17. The second-order valence-corrected chi connectivity index (χ2v) is 7.42. The Balaban J connectivity index is 1.34. The molecule has 2 aromatic carbocycles. The standard InChI is InChI=1S/C24H23N3O4/c1-2-16-5-11-20(12-6-16)27-15-17(14-22(27)28)23(29)25-18-7-9-19(10-8-18)26-24(30)21-4-3-13-31-21/h3-13,17H,2,14-15H2,1H3,(H,25,29)(H,26,30). The van der Waals surface area contributed by atoms with Gasteiger partial charge in [-0.05, 0) is 60.5 Å². The Bertz CT molecular complexity index is 1070. The Kier molecular flexibility index (Phi) is 5.84. The van der Waals surface area contributed by atoms with E-state index in [1.165, 1.54) is 11.8 Å². The van der Waals surface area contributed by atoms with Gasteiger partial charge in [-0.3, -0.25) is 14.4 Å². The van der Waals surface area contributed by atoms with Crippen LogP contribution < -0.4 is 15.5 Å². The highest BCUT2D eigenvalue weighted by atomic mass is 16.3. The molecule has 7 heteroatoms. The van der Waals surface area contributed by atoms with E-state index in [9.17, 15) is 14.4 Å². The molecule has 0 bridgehead atoms. The number of hydrogen-bond donors (Lipinski definition) is 2. The third kappa shape index (κ3) is 4.66. The Hall–Kier alpha value is -3.87. The minimum atomic E-state index is -0.420. The Morgan fingerprint density at radius 2 is 1.68 bits per heavy atom. The maximum absolute atomic E-state index is 12.7. The fourth-order valence-corrected chi connectivity index (χ4v) is 3.53. The Morgan fingerprint density at radius 1 is 1.00 bits per heavy atom. The molecule has 0 spiro atoms. The van der Waals surface area contributed by atoms with Gasteiger partial charge in [-0.25, -0.2) is 0 Å². The number of carbonyl (C=O) groups is 3. The molecule has 1 aromatic heterocycles. The van der Waals surface area contributed by atoms with Gasteiger partial charge in [0.05, 0.1) is 12.2 Å². The number of hydrogen-bond acceptors (Lipinski definition) is 4. The molecule has 2 heterocycles. The number of rotatable bonds is 6. The maximum Gasteiger partial charge on any atom is 0.291 e. The third-order valence-corrected chi connectivity index (χ3v) is 5.31. The van der Waals surface area contributed by atoms with E-state index in [-0.39, 0.29) is 29.9 Å². The number of carbonyl (C=O) groups excluding carboxylic acids is 3. The Labute approximate surface area is 180 Å². The van der Waals surface area contributed by atoms with Crippen LogP contribution in [-0.2, 0) is 16.0 Å². The predicted octanol–water partition coefficient (Wildman–Crippen LogP) is 4.09. The molecule has 31 heavy (non-hydrogen) atoms. The van der Waals surface area contributed by atoms with Crippen molar-refractivity contribution >= 4 is 34.8 Å². The van der Waals surface area contributed by atoms with Crippen molar-refractivity contribution in [1.82, 2.24) is 0 Å². The number of aryl methyl sites for hydroxylation is 1. The van der Waals surface area contributed by atoms with Gasteiger partial charge in [0, 0.05) is 30.0 Å². The monoisotopic (exact) mass is 417 g/mol. The van der Waals surface area contributed by atoms with Crippen LogP contribution in [-0.4, -0.2) is 24.3 Å². The van der Waals surface area contributed by atoms with Crippen molar-refractivity contribution in [2.24, 2.45) is 5.92 Å². The number of benzene rings is 2. The van der Waals surface area contributed by atoms with E-state index in [1.54, 1.807) is 41.3 Å². The van der Waals surface area contributed by atoms with Crippen molar-refractivity contribution in [3.63, 3.8) is 0 Å². The predicted molar refractivity (Wildman–Crippen MR) is 118 cm³/mol. The van der Waals surface area contributed by atoms with E-state index >= 15 is 0 Å². The summed E-state index contributed by atoms with van der Waals surface area (Å²) >= 11 is 0. The largest absolute Gasteiger partial charge is 0.459 e. The molecular weight excluding hydrogens is 394 g/mol. The fourth-order valence-electron chi connectivity index (χ4n) is 3.53. The summed E-state index contributed by atoms with van der Waals surface area (Å²) in [6, 6.07) is 17.9. The SMILES string of the molecule is CCc1ccc(N2CC(C(=O)Nc3ccc(NC(=O)c4ccco4)cc3)CC2=O)cc1. The first-order valence-electron chi connectivity index (χ1n) is 10.2. The highest BCUT2D eigenvalue weighted by molar-refractivity contribution is 6.04. The van der Waals surface area contributed by atoms with Crippen LogP contribution in [0.4, 0.5) is 17.1 Å². The smallest absolute Gasteiger partial charge is 0.291 e. The number of nitrogens with one attached hydrogen (secondary N) is 2. The molecule has 1 unspecified atom stereocenters. The summed E-state index contributed by atoms with van der Waals surface area (Å²) in [5.74, 6) is -0.805. The van der Waals surface area contributed by atoms with Gasteiger partial charge in [0.25, 0.3) is 5.91 Å². The van der Waals surface area contributed by atoms with Crippen molar-refractivity contribution in [3.8, 4) is 0 Å². The van der Waals surface area contributed by atoms with Crippen molar-refractivity contribution in [3.05, 3.63) is 78.3 Å². The molecule has 0 radical (unpaired) electrons. The highest BCUT2D eigenvalue weighted by Crippen LogP contribution is 2.26. The molecular formula is C24H23N3O4. The Morgan fingerprint density at radius 3 is 2.29 bits per heavy atom. The summed E-state index contributed by atoms with van der Waals surface area (Å²) in [6.07, 6.45) is 2.55. The van der Waals surface area contributed by atoms with Gasteiger partial charge in [0.1, 0.15) is 0 Å².